The lowest BCUT2D eigenvalue weighted by molar-refractivity contribution is 0.0765. The van der Waals surface area contributed by atoms with Crippen LogP contribution in [0.4, 0.5) is 0 Å². The molecule has 1 aliphatic rings. The molecule has 0 bridgehead atoms. The number of carbonyl (C=O) groups is 1. The first-order chi connectivity index (χ1) is 12.2. The molecule has 25 heavy (non-hydrogen) atoms. The van der Waals surface area contributed by atoms with Gasteiger partial charge in [0.15, 0.2) is 0 Å². The summed E-state index contributed by atoms with van der Waals surface area (Å²) >= 11 is 0. The predicted molar refractivity (Wildman–Crippen MR) is 92.9 cm³/mol. The van der Waals surface area contributed by atoms with Crippen LogP contribution in [0.3, 0.4) is 0 Å². The minimum Gasteiger partial charge on any atom is -0.391 e. The summed E-state index contributed by atoms with van der Waals surface area (Å²) in [6.45, 7) is 0.865. The third-order valence-corrected chi connectivity index (χ3v) is 4.61. The molecule has 3 aromatic rings. The maximum absolute atomic E-state index is 12.8. The van der Waals surface area contributed by atoms with Crippen molar-refractivity contribution < 1.29 is 9.90 Å². The third-order valence-electron chi connectivity index (χ3n) is 4.61. The van der Waals surface area contributed by atoms with Crippen LogP contribution in [0, 0.1) is 5.92 Å². The number of likely N-dealkylation sites (tertiary alicyclic amines) is 1. The van der Waals surface area contributed by atoms with Crippen molar-refractivity contribution in [3.8, 4) is 0 Å². The van der Waals surface area contributed by atoms with Crippen molar-refractivity contribution >= 4 is 16.9 Å². The fraction of sp³-hybridized carbons (Fsp3) is 0.263. The Labute approximate surface area is 145 Å². The average Bonchev–Trinajstić information content (AvgIpc) is 3.02. The molecule has 1 aliphatic heterocycles. The molecule has 0 aliphatic carbocycles. The number of hydrogen-bond donors (Lipinski definition) is 1. The van der Waals surface area contributed by atoms with E-state index in [1.165, 1.54) is 0 Å². The average molecular weight is 334 g/mol. The molecule has 3 heterocycles. The number of benzene rings is 1. The minimum atomic E-state index is -0.536. The van der Waals surface area contributed by atoms with E-state index in [1.54, 1.807) is 41.7 Å². The van der Waals surface area contributed by atoms with Gasteiger partial charge >= 0.3 is 0 Å². The molecule has 0 spiro atoms. The molecule has 0 saturated carbocycles. The normalized spacial score (nSPS) is 20.1. The number of carbonyl (C=O) groups excluding carboxylic acids is 1. The van der Waals surface area contributed by atoms with E-state index in [2.05, 4.69) is 15.0 Å². The Bertz CT molecular complexity index is 900. The van der Waals surface area contributed by atoms with Gasteiger partial charge in [0.2, 0.25) is 0 Å². The van der Waals surface area contributed by atoms with Crippen LogP contribution >= 0.6 is 0 Å². The number of amides is 1. The van der Waals surface area contributed by atoms with Crippen LogP contribution in [0.2, 0.25) is 0 Å². The number of pyridine rings is 1. The van der Waals surface area contributed by atoms with Crippen LogP contribution in [0.1, 0.15) is 16.1 Å². The number of β-amino-alcohol motifs (C(OH)–C–C–N with tert-alkyl or cyclic N) is 1. The molecule has 126 valence electrons. The van der Waals surface area contributed by atoms with Crippen LogP contribution in [0.25, 0.3) is 11.0 Å². The van der Waals surface area contributed by atoms with Gasteiger partial charge in [0.05, 0.1) is 17.1 Å². The third kappa shape index (κ3) is 3.21. The van der Waals surface area contributed by atoms with Gasteiger partial charge in [-0.25, -0.2) is 0 Å². The van der Waals surface area contributed by atoms with E-state index >= 15 is 0 Å². The van der Waals surface area contributed by atoms with Crippen LogP contribution in [0.5, 0.6) is 0 Å². The summed E-state index contributed by atoms with van der Waals surface area (Å²) in [5.41, 5.74) is 2.95. The van der Waals surface area contributed by atoms with Crippen molar-refractivity contribution in [2.75, 3.05) is 13.1 Å². The lowest BCUT2D eigenvalue weighted by Gasteiger charge is -2.16. The number of aliphatic hydroxyl groups excluding tert-OH is 1. The summed E-state index contributed by atoms with van der Waals surface area (Å²) in [6, 6.07) is 11.1. The van der Waals surface area contributed by atoms with E-state index < -0.39 is 6.10 Å². The highest BCUT2D eigenvalue weighted by Crippen LogP contribution is 2.23. The maximum atomic E-state index is 12.8. The fourth-order valence-corrected chi connectivity index (χ4v) is 3.29. The van der Waals surface area contributed by atoms with Gasteiger partial charge in [-0.3, -0.25) is 19.7 Å². The first-order valence-corrected chi connectivity index (χ1v) is 8.29. The van der Waals surface area contributed by atoms with Crippen molar-refractivity contribution in [1.29, 1.82) is 0 Å². The molecule has 6 heteroatoms. The van der Waals surface area contributed by atoms with Crippen LogP contribution in [-0.2, 0) is 6.42 Å². The van der Waals surface area contributed by atoms with Gasteiger partial charge in [-0.2, -0.15) is 0 Å². The number of hydrogen-bond acceptors (Lipinski definition) is 5. The smallest absolute Gasteiger partial charge is 0.254 e. The van der Waals surface area contributed by atoms with Crippen LogP contribution in [0.15, 0.2) is 55.0 Å². The Morgan fingerprint density at radius 2 is 1.88 bits per heavy atom. The summed E-state index contributed by atoms with van der Waals surface area (Å²) in [7, 11) is 0. The SMILES string of the molecule is O=C(c1ccc2nccnc2c1)N1C[C@@H](Cc2ccccn2)[C@H](O)C1. The zero-order valence-electron chi connectivity index (χ0n) is 13.6. The number of rotatable bonds is 3. The second-order valence-corrected chi connectivity index (χ2v) is 6.32. The molecular formula is C19H18N4O2. The van der Waals surface area contributed by atoms with Crippen molar-refractivity contribution in [3.05, 3.63) is 66.2 Å². The molecule has 4 rings (SSSR count). The van der Waals surface area contributed by atoms with Gasteiger partial charge in [-0.15, -0.1) is 0 Å². The molecular weight excluding hydrogens is 316 g/mol. The molecule has 2 aromatic heterocycles. The monoisotopic (exact) mass is 334 g/mol. The highest BCUT2D eigenvalue weighted by molar-refractivity contribution is 5.97. The molecule has 6 nitrogen and oxygen atoms in total. The fourth-order valence-electron chi connectivity index (χ4n) is 3.29. The molecule has 0 radical (unpaired) electrons. The Morgan fingerprint density at radius 1 is 1.04 bits per heavy atom. The lowest BCUT2D eigenvalue weighted by Crippen LogP contribution is -2.29. The number of aliphatic hydroxyl groups is 1. The summed E-state index contributed by atoms with van der Waals surface area (Å²) < 4.78 is 0. The molecule has 1 N–H and O–H groups in total. The van der Waals surface area contributed by atoms with Crippen LogP contribution in [-0.4, -0.2) is 50.1 Å². The standard InChI is InChI=1S/C19H18N4O2/c24-18-12-23(11-14(18)9-15-3-1-2-6-20-15)19(25)13-4-5-16-17(10-13)22-8-7-21-16/h1-8,10,14,18,24H,9,11-12H2/t14-,18-/m1/s1. The lowest BCUT2D eigenvalue weighted by atomic mass is 10.00. The first kappa shape index (κ1) is 15.7. The largest absolute Gasteiger partial charge is 0.391 e. The first-order valence-electron chi connectivity index (χ1n) is 8.29. The van der Waals surface area contributed by atoms with Gasteiger partial charge in [-0.1, -0.05) is 6.07 Å². The predicted octanol–water partition coefficient (Wildman–Crippen LogP) is 1.70. The van der Waals surface area contributed by atoms with Crippen molar-refractivity contribution in [2.24, 2.45) is 5.92 Å². The molecule has 2 atom stereocenters. The van der Waals surface area contributed by atoms with E-state index in [9.17, 15) is 9.90 Å². The Balaban J connectivity index is 1.50. The van der Waals surface area contributed by atoms with E-state index in [4.69, 9.17) is 0 Å². The quantitative estimate of drug-likeness (QED) is 0.789. The zero-order chi connectivity index (χ0) is 17.2. The molecule has 1 aromatic carbocycles. The number of aromatic nitrogens is 3. The second-order valence-electron chi connectivity index (χ2n) is 6.32. The van der Waals surface area contributed by atoms with E-state index in [1.807, 2.05) is 18.2 Å². The summed E-state index contributed by atoms with van der Waals surface area (Å²) in [5, 5.41) is 10.3. The van der Waals surface area contributed by atoms with E-state index in [0.717, 1.165) is 11.2 Å². The Morgan fingerprint density at radius 3 is 2.68 bits per heavy atom. The number of nitrogens with zero attached hydrogens (tertiary/aromatic N) is 4. The van der Waals surface area contributed by atoms with Gasteiger partial charge in [0.1, 0.15) is 0 Å². The van der Waals surface area contributed by atoms with E-state index in [-0.39, 0.29) is 11.8 Å². The summed E-state index contributed by atoms with van der Waals surface area (Å²) in [5.74, 6) is -0.0887. The molecule has 1 saturated heterocycles. The van der Waals surface area contributed by atoms with E-state index in [0.29, 0.717) is 30.6 Å². The topological polar surface area (TPSA) is 79.2 Å². The second kappa shape index (κ2) is 6.57. The number of fused-ring (bicyclic) bond motifs is 1. The van der Waals surface area contributed by atoms with Crippen LogP contribution < -0.4 is 0 Å². The van der Waals surface area contributed by atoms with Gasteiger partial charge in [0, 0.05) is 48.9 Å². The molecule has 1 fully saturated rings. The van der Waals surface area contributed by atoms with Crippen molar-refractivity contribution in [1.82, 2.24) is 19.9 Å². The molecule has 0 unspecified atom stereocenters. The van der Waals surface area contributed by atoms with Gasteiger partial charge < -0.3 is 10.0 Å². The maximum Gasteiger partial charge on any atom is 0.254 e. The summed E-state index contributed by atoms with van der Waals surface area (Å²) in [6.07, 6.45) is 5.11. The van der Waals surface area contributed by atoms with Gasteiger partial charge in [0.25, 0.3) is 5.91 Å². The Kier molecular flexibility index (Phi) is 4.11. The minimum absolute atomic E-state index is 0.000835. The Hall–Kier alpha value is -2.86. The van der Waals surface area contributed by atoms with Crippen molar-refractivity contribution in [3.63, 3.8) is 0 Å². The van der Waals surface area contributed by atoms with Crippen molar-refractivity contribution in [2.45, 2.75) is 12.5 Å². The highest BCUT2D eigenvalue weighted by Gasteiger charge is 2.34. The highest BCUT2D eigenvalue weighted by atomic mass is 16.3. The summed E-state index contributed by atoms with van der Waals surface area (Å²) in [4.78, 5) is 27.3. The van der Waals surface area contributed by atoms with Gasteiger partial charge in [-0.05, 0) is 36.8 Å². The zero-order valence-corrected chi connectivity index (χ0v) is 13.6. The molecule has 1 amide bonds.